The van der Waals surface area contributed by atoms with Crippen molar-refractivity contribution in [2.45, 2.75) is 38.6 Å². The van der Waals surface area contributed by atoms with Crippen LogP contribution in [0.25, 0.3) is 0 Å². The summed E-state index contributed by atoms with van der Waals surface area (Å²) in [4.78, 5) is 8.82. The molecule has 104 valence electrons. The second-order valence-electron chi connectivity index (χ2n) is 5.26. The van der Waals surface area contributed by atoms with E-state index >= 15 is 0 Å². The largest absolute Gasteiger partial charge is 0.366 e. The molecule has 0 spiro atoms. The number of nitrogens with zero attached hydrogens (tertiary/aromatic N) is 2. The molecule has 20 heavy (non-hydrogen) atoms. The molecule has 1 aromatic heterocycles. The minimum atomic E-state index is 0.451. The maximum Gasteiger partial charge on any atom is 0.137 e. The quantitative estimate of drug-likeness (QED) is 0.865. The number of aryl methyl sites for hydroxylation is 1. The maximum absolute atomic E-state index is 6.16. The van der Waals surface area contributed by atoms with Crippen molar-refractivity contribution < 1.29 is 0 Å². The predicted octanol–water partition coefficient (Wildman–Crippen LogP) is 3.97. The van der Waals surface area contributed by atoms with Gasteiger partial charge in [-0.2, -0.15) is 0 Å². The third-order valence-corrected chi connectivity index (χ3v) is 4.16. The number of anilines is 1. The fourth-order valence-corrected chi connectivity index (χ4v) is 2.62. The molecule has 2 aromatic rings. The highest BCUT2D eigenvalue weighted by atomic mass is 35.5. The first kappa shape index (κ1) is 13.4. The minimum absolute atomic E-state index is 0.451. The second-order valence-corrected chi connectivity index (χ2v) is 5.62. The number of nitrogens with one attached hydrogen (secondary N) is 1. The fraction of sp³-hybridized carbons (Fsp3) is 0.375. The first-order valence-electron chi connectivity index (χ1n) is 7.03. The van der Waals surface area contributed by atoms with Crippen molar-refractivity contribution in [3.05, 3.63) is 52.4 Å². The van der Waals surface area contributed by atoms with Crippen molar-refractivity contribution >= 4 is 17.4 Å². The smallest absolute Gasteiger partial charge is 0.137 e. The van der Waals surface area contributed by atoms with Crippen LogP contribution in [-0.2, 0) is 6.42 Å². The van der Waals surface area contributed by atoms with Gasteiger partial charge in [0, 0.05) is 23.9 Å². The zero-order valence-electron chi connectivity index (χ0n) is 11.7. The zero-order chi connectivity index (χ0) is 14.1. The topological polar surface area (TPSA) is 37.8 Å². The molecular weight excluding hydrogens is 270 g/mol. The standard InChI is InChI=1S/C16H18ClN3/c1-3-14-19-15(17)10(2)16(20-14)18-13-9-12(13)11-7-5-4-6-8-11/h4-8,12-13H,3,9H2,1-2H3,(H,18,19,20). The lowest BCUT2D eigenvalue weighted by Gasteiger charge is -2.11. The molecule has 0 bridgehead atoms. The van der Waals surface area contributed by atoms with E-state index in [9.17, 15) is 0 Å². The Hall–Kier alpha value is -1.61. The van der Waals surface area contributed by atoms with Crippen LogP contribution in [0.15, 0.2) is 30.3 Å². The molecule has 2 unspecified atom stereocenters. The van der Waals surface area contributed by atoms with Gasteiger partial charge in [-0.1, -0.05) is 48.9 Å². The molecule has 1 fully saturated rings. The van der Waals surface area contributed by atoms with Crippen molar-refractivity contribution in [3.63, 3.8) is 0 Å². The van der Waals surface area contributed by atoms with Crippen molar-refractivity contribution in [3.8, 4) is 0 Å². The Kier molecular flexibility index (Phi) is 3.62. The third kappa shape index (κ3) is 2.63. The molecule has 1 aliphatic rings. The first-order chi connectivity index (χ1) is 9.69. The highest BCUT2D eigenvalue weighted by molar-refractivity contribution is 6.30. The van der Waals surface area contributed by atoms with E-state index in [1.807, 2.05) is 13.8 Å². The lowest BCUT2D eigenvalue weighted by Crippen LogP contribution is -2.10. The molecule has 1 N–H and O–H groups in total. The van der Waals surface area contributed by atoms with Crippen LogP contribution in [0.3, 0.4) is 0 Å². The lowest BCUT2D eigenvalue weighted by molar-refractivity contribution is 0.917. The molecule has 1 heterocycles. The van der Waals surface area contributed by atoms with Crippen LogP contribution in [0.1, 0.15) is 36.2 Å². The van der Waals surface area contributed by atoms with Crippen molar-refractivity contribution in [1.82, 2.24) is 9.97 Å². The second kappa shape index (κ2) is 5.41. The average Bonchev–Trinajstić information content (AvgIpc) is 3.24. The maximum atomic E-state index is 6.16. The highest BCUT2D eigenvalue weighted by Crippen LogP contribution is 2.43. The summed E-state index contributed by atoms with van der Waals surface area (Å²) >= 11 is 6.16. The highest BCUT2D eigenvalue weighted by Gasteiger charge is 2.38. The van der Waals surface area contributed by atoms with Crippen LogP contribution in [0, 0.1) is 6.92 Å². The molecule has 1 aliphatic carbocycles. The van der Waals surface area contributed by atoms with E-state index in [2.05, 4.69) is 45.6 Å². The van der Waals surface area contributed by atoms with Gasteiger partial charge >= 0.3 is 0 Å². The molecule has 4 heteroatoms. The van der Waals surface area contributed by atoms with Gasteiger partial charge in [-0.25, -0.2) is 9.97 Å². The van der Waals surface area contributed by atoms with Gasteiger partial charge < -0.3 is 5.32 Å². The normalized spacial score (nSPS) is 20.8. The monoisotopic (exact) mass is 287 g/mol. The number of hydrogen-bond donors (Lipinski definition) is 1. The Bertz CT molecular complexity index is 613. The van der Waals surface area contributed by atoms with Crippen molar-refractivity contribution in [2.75, 3.05) is 5.32 Å². The summed E-state index contributed by atoms with van der Waals surface area (Å²) in [6.07, 6.45) is 1.94. The van der Waals surface area contributed by atoms with Gasteiger partial charge in [0.25, 0.3) is 0 Å². The summed E-state index contributed by atoms with van der Waals surface area (Å²) in [5.41, 5.74) is 2.32. The SMILES string of the molecule is CCc1nc(Cl)c(C)c(NC2CC2c2ccccc2)n1. The Morgan fingerprint density at radius 1 is 1.25 bits per heavy atom. The summed E-state index contributed by atoms with van der Waals surface area (Å²) < 4.78 is 0. The van der Waals surface area contributed by atoms with Crippen molar-refractivity contribution in [2.24, 2.45) is 0 Å². The Morgan fingerprint density at radius 2 is 2.00 bits per heavy atom. The van der Waals surface area contributed by atoms with Crippen LogP contribution < -0.4 is 5.32 Å². The van der Waals surface area contributed by atoms with Crippen LogP contribution in [-0.4, -0.2) is 16.0 Å². The van der Waals surface area contributed by atoms with E-state index in [0.717, 1.165) is 30.0 Å². The molecule has 3 rings (SSSR count). The summed E-state index contributed by atoms with van der Waals surface area (Å²) in [6, 6.07) is 11.1. The Balaban J connectivity index is 1.75. The predicted molar refractivity (Wildman–Crippen MR) is 82.4 cm³/mol. The molecule has 2 atom stereocenters. The van der Waals surface area contributed by atoms with Crippen molar-refractivity contribution in [1.29, 1.82) is 0 Å². The van der Waals surface area contributed by atoms with Crippen LogP contribution in [0.5, 0.6) is 0 Å². The summed E-state index contributed by atoms with van der Waals surface area (Å²) in [5.74, 6) is 2.25. The number of hydrogen-bond acceptors (Lipinski definition) is 3. The van der Waals surface area contributed by atoms with E-state index in [0.29, 0.717) is 17.1 Å². The number of halogens is 1. The van der Waals surface area contributed by atoms with Gasteiger partial charge in [0.15, 0.2) is 0 Å². The minimum Gasteiger partial charge on any atom is -0.366 e. The van der Waals surface area contributed by atoms with E-state index < -0.39 is 0 Å². The zero-order valence-corrected chi connectivity index (χ0v) is 12.5. The van der Waals surface area contributed by atoms with E-state index in [1.54, 1.807) is 0 Å². The molecule has 1 aromatic carbocycles. The fourth-order valence-electron chi connectivity index (χ4n) is 2.43. The summed E-state index contributed by atoms with van der Waals surface area (Å²) in [7, 11) is 0. The van der Waals surface area contributed by atoms with Crippen LogP contribution in [0.2, 0.25) is 5.15 Å². The number of rotatable bonds is 4. The number of aromatic nitrogens is 2. The van der Waals surface area contributed by atoms with Crippen LogP contribution in [0.4, 0.5) is 5.82 Å². The van der Waals surface area contributed by atoms with Crippen LogP contribution >= 0.6 is 11.6 Å². The average molecular weight is 288 g/mol. The molecule has 3 nitrogen and oxygen atoms in total. The molecule has 0 saturated heterocycles. The van der Waals surface area contributed by atoms with E-state index in [4.69, 9.17) is 11.6 Å². The molecule has 0 aliphatic heterocycles. The summed E-state index contributed by atoms with van der Waals surface area (Å²) in [5, 5.41) is 4.06. The van der Waals surface area contributed by atoms with Gasteiger partial charge in [-0.05, 0) is 18.9 Å². The first-order valence-corrected chi connectivity index (χ1v) is 7.41. The number of benzene rings is 1. The van der Waals surface area contributed by atoms with Gasteiger partial charge in [0.2, 0.25) is 0 Å². The lowest BCUT2D eigenvalue weighted by atomic mass is 10.1. The van der Waals surface area contributed by atoms with Gasteiger partial charge in [-0.3, -0.25) is 0 Å². The summed E-state index contributed by atoms with van der Waals surface area (Å²) in [6.45, 7) is 4.00. The Labute approximate surface area is 124 Å². The van der Waals surface area contributed by atoms with E-state index in [1.165, 1.54) is 5.56 Å². The molecule has 0 radical (unpaired) electrons. The third-order valence-electron chi connectivity index (χ3n) is 3.79. The Morgan fingerprint density at radius 3 is 2.70 bits per heavy atom. The molecule has 1 saturated carbocycles. The van der Waals surface area contributed by atoms with Gasteiger partial charge in [0.05, 0.1) is 0 Å². The molecular formula is C16H18ClN3. The van der Waals surface area contributed by atoms with E-state index in [-0.39, 0.29) is 0 Å². The molecule has 0 amide bonds. The van der Waals surface area contributed by atoms with Gasteiger partial charge in [-0.15, -0.1) is 0 Å². The van der Waals surface area contributed by atoms with Gasteiger partial charge in [0.1, 0.15) is 16.8 Å².